The van der Waals surface area contributed by atoms with Gasteiger partial charge in [-0.1, -0.05) is 27.7 Å². The second kappa shape index (κ2) is 6.17. The third-order valence-corrected chi connectivity index (χ3v) is 3.09. The summed E-state index contributed by atoms with van der Waals surface area (Å²) in [5.74, 6) is 1.82. The van der Waals surface area contributed by atoms with Crippen molar-refractivity contribution in [3.05, 3.63) is 18.2 Å². The lowest BCUT2D eigenvalue weighted by atomic mass is 9.83. The van der Waals surface area contributed by atoms with E-state index in [2.05, 4.69) is 32.7 Å². The molecule has 102 valence electrons. The Morgan fingerprint density at radius 2 is 2.11 bits per heavy atom. The number of aromatic nitrogens is 2. The molecule has 3 heteroatoms. The number of hydrogen-bond donors (Lipinski definition) is 0. The molecule has 1 atom stereocenters. The second-order valence-corrected chi connectivity index (χ2v) is 6.57. The topological polar surface area (TPSA) is 34.9 Å². The summed E-state index contributed by atoms with van der Waals surface area (Å²) >= 11 is 0. The molecule has 1 heterocycles. The highest BCUT2D eigenvalue weighted by atomic mass is 16.1. The molecule has 0 N–H and O–H groups in total. The molecule has 0 aliphatic rings. The van der Waals surface area contributed by atoms with E-state index in [-0.39, 0.29) is 0 Å². The van der Waals surface area contributed by atoms with E-state index < -0.39 is 0 Å². The molecule has 1 unspecified atom stereocenters. The zero-order chi connectivity index (χ0) is 13.8. The highest BCUT2D eigenvalue weighted by molar-refractivity contribution is 5.78. The fourth-order valence-corrected chi connectivity index (χ4v) is 2.50. The van der Waals surface area contributed by atoms with E-state index in [9.17, 15) is 4.79 Å². The van der Waals surface area contributed by atoms with Crippen molar-refractivity contribution in [2.24, 2.45) is 18.4 Å². The van der Waals surface area contributed by atoms with E-state index in [0.29, 0.717) is 30.0 Å². The van der Waals surface area contributed by atoms with Crippen LogP contribution in [-0.2, 0) is 18.3 Å². The van der Waals surface area contributed by atoms with Gasteiger partial charge < -0.3 is 4.57 Å². The summed E-state index contributed by atoms with van der Waals surface area (Å²) in [6.45, 7) is 8.84. The maximum Gasteiger partial charge on any atom is 0.133 e. The zero-order valence-corrected chi connectivity index (χ0v) is 12.4. The first kappa shape index (κ1) is 14.9. The van der Waals surface area contributed by atoms with Crippen LogP contribution in [0.15, 0.2) is 12.4 Å². The first-order chi connectivity index (χ1) is 8.28. The number of nitrogens with zero attached hydrogens (tertiary/aromatic N) is 2. The summed E-state index contributed by atoms with van der Waals surface area (Å²) in [5.41, 5.74) is 0.305. The minimum Gasteiger partial charge on any atom is -0.338 e. The quantitative estimate of drug-likeness (QED) is 0.775. The van der Waals surface area contributed by atoms with Crippen LogP contribution in [-0.4, -0.2) is 15.3 Å². The van der Waals surface area contributed by atoms with Gasteiger partial charge in [0.15, 0.2) is 0 Å². The van der Waals surface area contributed by atoms with Gasteiger partial charge in [-0.25, -0.2) is 4.98 Å². The Balaban J connectivity index is 2.32. The Bertz CT molecular complexity index is 387. The van der Waals surface area contributed by atoms with E-state index in [1.54, 1.807) is 6.20 Å². The summed E-state index contributed by atoms with van der Waals surface area (Å²) in [6.07, 6.45) is 6.86. The highest BCUT2D eigenvalue weighted by Gasteiger charge is 2.17. The molecule has 0 saturated heterocycles. The number of rotatable bonds is 6. The monoisotopic (exact) mass is 250 g/mol. The molecular formula is C15H26N2O. The van der Waals surface area contributed by atoms with Crippen molar-refractivity contribution in [1.82, 2.24) is 9.55 Å². The summed E-state index contributed by atoms with van der Waals surface area (Å²) < 4.78 is 1.98. The number of aryl methyl sites for hydroxylation is 2. The minimum absolute atomic E-state index is 0.305. The largest absolute Gasteiger partial charge is 0.338 e. The molecule has 0 fully saturated rings. The second-order valence-electron chi connectivity index (χ2n) is 6.57. The van der Waals surface area contributed by atoms with E-state index in [1.165, 1.54) is 0 Å². The van der Waals surface area contributed by atoms with Crippen molar-refractivity contribution < 1.29 is 4.79 Å². The molecule has 0 bridgehead atoms. The maximum absolute atomic E-state index is 11.9. The smallest absolute Gasteiger partial charge is 0.133 e. The Morgan fingerprint density at radius 1 is 1.44 bits per heavy atom. The standard InChI is InChI=1S/C15H26N2O/c1-12(11-15(2,3)4)10-13(18)6-7-14-16-8-9-17(14)5/h8-9,12H,6-7,10-11H2,1-5H3. The van der Waals surface area contributed by atoms with Gasteiger partial charge in [0.2, 0.25) is 0 Å². The minimum atomic E-state index is 0.305. The van der Waals surface area contributed by atoms with Crippen LogP contribution in [0, 0.1) is 11.3 Å². The van der Waals surface area contributed by atoms with Crippen molar-refractivity contribution >= 4 is 5.78 Å². The summed E-state index contributed by atoms with van der Waals surface area (Å²) in [5, 5.41) is 0. The van der Waals surface area contributed by atoms with Gasteiger partial charge in [-0.2, -0.15) is 0 Å². The van der Waals surface area contributed by atoms with Crippen molar-refractivity contribution in [3.63, 3.8) is 0 Å². The third kappa shape index (κ3) is 5.48. The van der Waals surface area contributed by atoms with Crippen LogP contribution in [0.2, 0.25) is 0 Å². The Hall–Kier alpha value is -1.12. The highest BCUT2D eigenvalue weighted by Crippen LogP contribution is 2.26. The Morgan fingerprint density at radius 3 is 2.61 bits per heavy atom. The van der Waals surface area contributed by atoms with Gasteiger partial charge in [-0.3, -0.25) is 4.79 Å². The molecule has 0 aliphatic heterocycles. The van der Waals surface area contributed by atoms with Gasteiger partial charge in [0.05, 0.1) is 0 Å². The first-order valence-electron chi connectivity index (χ1n) is 6.76. The fraction of sp³-hybridized carbons (Fsp3) is 0.733. The summed E-state index contributed by atoms with van der Waals surface area (Å²) in [7, 11) is 1.97. The average molecular weight is 250 g/mol. The summed E-state index contributed by atoms with van der Waals surface area (Å²) in [6, 6.07) is 0. The molecule has 0 saturated carbocycles. The van der Waals surface area contributed by atoms with Crippen LogP contribution in [0.4, 0.5) is 0 Å². The SMILES string of the molecule is CC(CC(=O)CCc1nccn1C)CC(C)(C)C. The van der Waals surface area contributed by atoms with Crippen LogP contribution in [0.5, 0.6) is 0 Å². The number of hydrogen-bond acceptors (Lipinski definition) is 2. The molecule has 18 heavy (non-hydrogen) atoms. The lowest BCUT2D eigenvalue weighted by molar-refractivity contribution is -0.120. The van der Waals surface area contributed by atoms with Gasteiger partial charge in [-0.15, -0.1) is 0 Å². The molecule has 3 nitrogen and oxygen atoms in total. The van der Waals surface area contributed by atoms with Crippen LogP contribution < -0.4 is 0 Å². The molecule has 0 spiro atoms. The van der Waals surface area contributed by atoms with Gasteiger partial charge in [0, 0.05) is 38.7 Å². The van der Waals surface area contributed by atoms with Crippen molar-refractivity contribution in [1.29, 1.82) is 0 Å². The molecule has 0 aromatic carbocycles. The van der Waals surface area contributed by atoms with E-state index in [0.717, 1.165) is 18.7 Å². The molecule has 0 radical (unpaired) electrons. The maximum atomic E-state index is 11.9. The van der Waals surface area contributed by atoms with Crippen molar-refractivity contribution in [2.75, 3.05) is 0 Å². The van der Waals surface area contributed by atoms with Gasteiger partial charge in [0.25, 0.3) is 0 Å². The number of ketones is 1. The van der Waals surface area contributed by atoms with Gasteiger partial charge in [0.1, 0.15) is 11.6 Å². The first-order valence-corrected chi connectivity index (χ1v) is 6.76. The lowest BCUT2D eigenvalue weighted by Gasteiger charge is -2.22. The van der Waals surface area contributed by atoms with Gasteiger partial charge in [-0.05, 0) is 17.8 Å². The predicted molar refractivity (Wildman–Crippen MR) is 74.4 cm³/mol. The average Bonchev–Trinajstić information content (AvgIpc) is 2.57. The van der Waals surface area contributed by atoms with Gasteiger partial charge >= 0.3 is 0 Å². The Kier molecular flexibility index (Phi) is 5.12. The van der Waals surface area contributed by atoms with E-state index in [1.807, 2.05) is 17.8 Å². The van der Waals surface area contributed by atoms with Crippen molar-refractivity contribution in [2.45, 2.75) is 53.4 Å². The normalized spacial score (nSPS) is 13.6. The number of Topliss-reactive ketones (excluding diaryl/α,β-unsaturated/α-hetero) is 1. The molecule has 1 aromatic rings. The van der Waals surface area contributed by atoms with Crippen molar-refractivity contribution in [3.8, 4) is 0 Å². The van der Waals surface area contributed by atoms with E-state index >= 15 is 0 Å². The third-order valence-electron chi connectivity index (χ3n) is 3.09. The number of carbonyl (C=O) groups is 1. The van der Waals surface area contributed by atoms with E-state index in [4.69, 9.17) is 0 Å². The lowest BCUT2D eigenvalue weighted by Crippen LogP contribution is -2.15. The Labute approximate surface area is 111 Å². The summed E-state index contributed by atoms with van der Waals surface area (Å²) in [4.78, 5) is 16.1. The molecule has 1 rings (SSSR count). The van der Waals surface area contributed by atoms with Crippen LogP contribution >= 0.6 is 0 Å². The van der Waals surface area contributed by atoms with Crippen LogP contribution in [0.3, 0.4) is 0 Å². The van der Waals surface area contributed by atoms with Crippen LogP contribution in [0.1, 0.15) is 52.8 Å². The molecule has 1 aromatic heterocycles. The number of imidazole rings is 1. The molecular weight excluding hydrogens is 224 g/mol. The fourth-order valence-electron chi connectivity index (χ4n) is 2.50. The van der Waals surface area contributed by atoms with Crippen LogP contribution in [0.25, 0.3) is 0 Å². The predicted octanol–water partition coefficient (Wildman–Crippen LogP) is 3.38. The molecule has 0 aliphatic carbocycles. The zero-order valence-electron chi connectivity index (χ0n) is 12.4. The molecule has 0 amide bonds. The number of carbonyl (C=O) groups excluding carboxylic acids is 1.